The van der Waals surface area contributed by atoms with Crippen LogP contribution in [-0.2, 0) is 0 Å². The van der Waals surface area contributed by atoms with Gasteiger partial charge in [-0.3, -0.25) is 0 Å². The first-order valence-electron chi connectivity index (χ1n) is 12.6. The lowest BCUT2D eigenvalue weighted by Crippen LogP contribution is -1.93. The van der Waals surface area contributed by atoms with E-state index in [1.807, 2.05) is 23.5 Å². The van der Waals surface area contributed by atoms with Crippen molar-refractivity contribution in [2.75, 3.05) is 11.5 Å². The van der Waals surface area contributed by atoms with Gasteiger partial charge in [0.25, 0.3) is 0 Å². The van der Waals surface area contributed by atoms with Crippen molar-refractivity contribution in [3.05, 3.63) is 107 Å². The van der Waals surface area contributed by atoms with Crippen molar-refractivity contribution in [1.29, 1.82) is 0 Å². The number of hydrogen-bond acceptors (Lipinski definition) is 2. The zero-order valence-electron chi connectivity index (χ0n) is 21.1. The van der Waals surface area contributed by atoms with Crippen LogP contribution >= 0.6 is 23.5 Å². The topological polar surface area (TPSA) is 0 Å². The first-order valence-corrected chi connectivity index (χ1v) is 14.6. The molecule has 34 heavy (non-hydrogen) atoms. The zero-order valence-corrected chi connectivity index (χ0v) is 22.8. The van der Waals surface area contributed by atoms with Crippen LogP contribution in [0, 0.1) is 0 Å². The van der Waals surface area contributed by atoms with Gasteiger partial charge in [-0.05, 0) is 102 Å². The third-order valence-corrected chi connectivity index (χ3v) is 8.12. The molecule has 0 unspecified atom stereocenters. The van der Waals surface area contributed by atoms with Crippen LogP contribution in [0.4, 0.5) is 0 Å². The lowest BCUT2D eigenvalue weighted by atomic mass is 9.92. The quantitative estimate of drug-likeness (QED) is 0.184. The predicted octanol–water partition coefficient (Wildman–Crippen LogP) is 10.4. The first-order chi connectivity index (χ1) is 16.7. The van der Waals surface area contributed by atoms with E-state index in [-0.39, 0.29) is 0 Å². The second-order valence-electron chi connectivity index (χ2n) is 8.44. The smallest absolute Gasteiger partial charge is 0.00723 e. The SMILES string of the molecule is C/C=C(/c1ccc(SCCCC)cc1)c1cccc(/C(=C/C)c2ccc(SCCCC)cc2)c1. The van der Waals surface area contributed by atoms with Crippen LogP contribution in [0.25, 0.3) is 11.1 Å². The van der Waals surface area contributed by atoms with Gasteiger partial charge in [-0.1, -0.05) is 81.3 Å². The standard InChI is InChI=1S/C32H38S2/c1-5-9-22-33-29-18-14-25(15-19-29)31(7-3)27-12-11-13-28(24-27)32(8-4)26-16-20-30(21-17-26)34-23-10-6-2/h7-8,11-21,24H,5-6,9-10,22-23H2,1-4H3/b31-7-,32-8+. The van der Waals surface area contributed by atoms with E-state index in [9.17, 15) is 0 Å². The summed E-state index contributed by atoms with van der Waals surface area (Å²) in [6.07, 6.45) is 9.51. The van der Waals surface area contributed by atoms with Gasteiger partial charge in [0, 0.05) is 9.79 Å². The van der Waals surface area contributed by atoms with E-state index in [1.165, 1.54) is 80.4 Å². The van der Waals surface area contributed by atoms with Gasteiger partial charge < -0.3 is 0 Å². The van der Waals surface area contributed by atoms with E-state index in [1.54, 1.807) is 0 Å². The number of hydrogen-bond donors (Lipinski definition) is 0. The maximum absolute atomic E-state index is 2.33. The normalized spacial score (nSPS) is 12.2. The summed E-state index contributed by atoms with van der Waals surface area (Å²) in [7, 11) is 0. The molecule has 0 aromatic heterocycles. The molecule has 0 fully saturated rings. The molecule has 0 heterocycles. The van der Waals surface area contributed by atoms with E-state index in [0.717, 1.165) is 0 Å². The molecule has 3 rings (SSSR count). The third-order valence-electron chi connectivity index (χ3n) is 5.93. The van der Waals surface area contributed by atoms with Crippen molar-refractivity contribution >= 4 is 34.7 Å². The van der Waals surface area contributed by atoms with E-state index in [0.29, 0.717) is 0 Å². The second kappa shape index (κ2) is 14.3. The Hall–Kier alpha value is -2.16. The molecule has 0 aliphatic heterocycles. The predicted molar refractivity (Wildman–Crippen MR) is 156 cm³/mol. The van der Waals surface area contributed by atoms with Gasteiger partial charge in [0.05, 0.1) is 0 Å². The Balaban J connectivity index is 1.79. The van der Waals surface area contributed by atoms with Gasteiger partial charge in [0.15, 0.2) is 0 Å². The van der Waals surface area contributed by atoms with Gasteiger partial charge in [-0.15, -0.1) is 23.5 Å². The number of unbranched alkanes of at least 4 members (excludes halogenated alkanes) is 2. The molecule has 3 aromatic carbocycles. The molecule has 3 aromatic rings. The number of allylic oxidation sites excluding steroid dienone is 2. The van der Waals surface area contributed by atoms with Crippen molar-refractivity contribution in [1.82, 2.24) is 0 Å². The van der Waals surface area contributed by atoms with Crippen molar-refractivity contribution in [2.45, 2.75) is 63.2 Å². The molecule has 0 saturated heterocycles. The van der Waals surface area contributed by atoms with Gasteiger partial charge in [0.1, 0.15) is 0 Å². The van der Waals surface area contributed by atoms with E-state index in [2.05, 4.69) is 113 Å². The molecular formula is C32H38S2. The van der Waals surface area contributed by atoms with Crippen LogP contribution < -0.4 is 0 Å². The molecule has 0 bridgehead atoms. The summed E-state index contributed by atoms with van der Waals surface area (Å²) in [6.45, 7) is 8.77. The molecule has 0 saturated carbocycles. The number of thioether (sulfide) groups is 2. The van der Waals surface area contributed by atoms with Gasteiger partial charge in [-0.2, -0.15) is 0 Å². The Morgan fingerprint density at radius 3 is 1.35 bits per heavy atom. The van der Waals surface area contributed by atoms with Crippen molar-refractivity contribution in [2.24, 2.45) is 0 Å². The minimum atomic E-state index is 1.19. The summed E-state index contributed by atoms with van der Waals surface area (Å²) >= 11 is 3.91. The Kier molecular flexibility index (Phi) is 11.1. The first kappa shape index (κ1) is 26.4. The van der Waals surface area contributed by atoms with E-state index >= 15 is 0 Å². The highest BCUT2D eigenvalue weighted by atomic mass is 32.2. The van der Waals surface area contributed by atoms with Gasteiger partial charge in [0.2, 0.25) is 0 Å². The minimum Gasteiger partial charge on any atom is -0.126 e. The lowest BCUT2D eigenvalue weighted by molar-refractivity contribution is 0.896. The van der Waals surface area contributed by atoms with Crippen LogP contribution in [0.15, 0.2) is 94.7 Å². The summed E-state index contributed by atoms with van der Waals surface area (Å²) in [6, 6.07) is 27.1. The lowest BCUT2D eigenvalue weighted by Gasteiger charge is -2.13. The Morgan fingerprint density at radius 2 is 1.00 bits per heavy atom. The van der Waals surface area contributed by atoms with Crippen LogP contribution in [0.1, 0.15) is 75.6 Å². The summed E-state index contributed by atoms with van der Waals surface area (Å²) in [4.78, 5) is 2.71. The molecule has 0 atom stereocenters. The zero-order chi connectivity index (χ0) is 24.2. The molecule has 0 spiro atoms. The Bertz CT molecular complexity index is 988. The highest BCUT2D eigenvalue weighted by Gasteiger charge is 2.09. The fourth-order valence-electron chi connectivity index (χ4n) is 3.98. The van der Waals surface area contributed by atoms with E-state index < -0.39 is 0 Å². The molecule has 0 amide bonds. The van der Waals surface area contributed by atoms with Crippen LogP contribution in [0.5, 0.6) is 0 Å². The molecule has 0 radical (unpaired) electrons. The number of rotatable bonds is 12. The Morgan fingerprint density at radius 1 is 0.588 bits per heavy atom. The van der Waals surface area contributed by atoms with Crippen molar-refractivity contribution in [3.63, 3.8) is 0 Å². The largest absolute Gasteiger partial charge is 0.126 e. The number of benzene rings is 3. The van der Waals surface area contributed by atoms with Crippen LogP contribution in [0.2, 0.25) is 0 Å². The third kappa shape index (κ3) is 7.42. The molecule has 0 aliphatic rings. The molecular weight excluding hydrogens is 448 g/mol. The fraction of sp³-hybridized carbons (Fsp3) is 0.312. The van der Waals surface area contributed by atoms with Crippen LogP contribution in [0.3, 0.4) is 0 Å². The summed E-state index contributed by atoms with van der Waals surface area (Å²) in [5, 5.41) is 0. The highest BCUT2D eigenvalue weighted by molar-refractivity contribution is 7.99. The highest BCUT2D eigenvalue weighted by Crippen LogP contribution is 2.31. The maximum Gasteiger partial charge on any atom is 0.00723 e. The molecule has 178 valence electrons. The average molecular weight is 487 g/mol. The second-order valence-corrected chi connectivity index (χ2v) is 10.8. The monoisotopic (exact) mass is 486 g/mol. The molecule has 0 aliphatic carbocycles. The van der Waals surface area contributed by atoms with Crippen molar-refractivity contribution in [3.8, 4) is 0 Å². The molecule has 2 heteroatoms. The van der Waals surface area contributed by atoms with Gasteiger partial charge in [-0.25, -0.2) is 0 Å². The summed E-state index contributed by atoms with van der Waals surface area (Å²) in [5.41, 5.74) is 7.63. The average Bonchev–Trinajstić information content (AvgIpc) is 2.87. The summed E-state index contributed by atoms with van der Waals surface area (Å²) in [5.74, 6) is 2.39. The Labute approximate surface area is 216 Å². The maximum atomic E-state index is 2.33. The van der Waals surface area contributed by atoms with Gasteiger partial charge >= 0.3 is 0 Å². The van der Waals surface area contributed by atoms with E-state index in [4.69, 9.17) is 0 Å². The fourth-order valence-corrected chi connectivity index (χ4v) is 5.98. The van der Waals surface area contributed by atoms with Crippen LogP contribution in [-0.4, -0.2) is 11.5 Å². The van der Waals surface area contributed by atoms with Crippen molar-refractivity contribution < 1.29 is 0 Å². The summed E-state index contributed by atoms with van der Waals surface area (Å²) < 4.78 is 0. The molecule has 0 nitrogen and oxygen atoms in total. The molecule has 0 N–H and O–H groups in total. The minimum absolute atomic E-state index is 1.19.